The molecule has 9 heteroatoms. The summed E-state index contributed by atoms with van der Waals surface area (Å²) >= 11 is 0. The van der Waals surface area contributed by atoms with Gasteiger partial charge in [-0.3, -0.25) is 0 Å². The lowest BCUT2D eigenvalue weighted by Crippen LogP contribution is -2.04. The molecule has 0 amide bonds. The van der Waals surface area contributed by atoms with Gasteiger partial charge in [-0.1, -0.05) is 25.1 Å². The van der Waals surface area contributed by atoms with E-state index in [1.54, 1.807) is 18.3 Å². The number of oxazole rings is 1. The third kappa shape index (κ3) is 7.35. The van der Waals surface area contributed by atoms with Gasteiger partial charge in [0.2, 0.25) is 5.89 Å². The molecule has 0 bridgehead atoms. The van der Waals surface area contributed by atoms with Crippen LogP contribution in [0.25, 0.3) is 12.2 Å². The fourth-order valence-corrected chi connectivity index (χ4v) is 4.13. The van der Waals surface area contributed by atoms with Gasteiger partial charge < -0.3 is 18.8 Å². The number of imidazole rings is 1. The lowest BCUT2D eigenvalue weighted by Gasteiger charge is -2.12. The number of nitrogens with zero attached hydrogens (tertiary/aromatic N) is 3. The number of aliphatic hydroxyl groups is 1. The third-order valence-corrected chi connectivity index (χ3v) is 6.21. The van der Waals surface area contributed by atoms with Crippen LogP contribution in [0.1, 0.15) is 59.4 Å². The molecule has 0 radical (unpaired) electrons. The summed E-state index contributed by atoms with van der Waals surface area (Å²) in [6, 6.07) is 11.0. The van der Waals surface area contributed by atoms with E-state index < -0.39 is 11.7 Å². The van der Waals surface area contributed by atoms with E-state index >= 15 is 0 Å². The molecule has 200 valence electrons. The van der Waals surface area contributed by atoms with Crippen LogP contribution in [0.5, 0.6) is 5.75 Å². The summed E-state index contributed by atoms with van der Waals surface area (Å²) in [4.78, 5) is 8.49. The molecule has 38 heavy (non-hydrogen) atoms. The van der Waals surface area contributed by atoms with Crippen LogP contribution in [0.15, 0.2) is 65.5 Å². The molecule has 0 aliphatic carbocycles. The smallest absolute Gasteiger partial charge is 0.416 e. The van der Waals surface area contributed by atoms with Crippen molar-refractivity contribution in [2.75, 3.05) is 0 Å². The van der Waals surface area contributed by atoms with Crippen LogP contribution in [0.4, 0.5) is 13.2 Å². The third-order valence-electron chi connectivity index (χ3n) is 6.21. The summed E-state index contributed by atoms with van der Waals surface area (Å²) < 4.78 is 51.4. The zero-order valence-corrected chi connectivity index (χ0v) is 21.1. The minimum atomic E-state index is -4.36. The molecule has 6 nitrogen and oxygen atoms in total. The topological polar surface area (TPSA) is 73.3 Å². The van der Waals surface area contributed by atoms with E-state index in [2.05, 4.69) is 29.0 Å². The van der Waals surface area contributed by atoms with Crippen molar-refractivity contribution in [1.82, 2.24) is 14.5 Å². The van der Waals surface area contributed by atoms with Crippen LogP contribution in [-0.2, 0) is 38.8 Å². The van der Waals surface area contributed by atoms with Gasteiger partial charge in [0.15, 0.2) is 0 Å². The van der Waals surface area contributed by atoms with Crippen LogP contribution in [-0.4, -0.2) is 19.6 Å². The fourth-order valence-electron chi connectivity index (χ4n) is 4.13. The number of halogens is 3. The van der Waals surface area contributed by atoms with Gasteiger partial charge in [-0.25, -0.2) is 9.97 Å². The number of hydrogen-bond acceptors (Lipinski definition) is 5. The predicted octanol–water partition coefficient (Wildman–Crippen LogP) is 6.72. The Kier molecular flexibility index (Phi) is 9.02. The Labute approximate surface area is 219 Å². The number of hydrogen-bond donors (Lipinski definition) is 1. The zero-order chi connectivity index (χ0) is 27.0. The summed E-state index contributed by atoms with van der Waals surface area (Å²) in [5.41, 5.74) is 3.07. The maximum Gasteiger partial charge on any atom is 0.416 e. The number of aliphatic hydroxyl groups excluding tert-OH is 1. The summed E-state index contributed by atoms with van der Waals surface area (Å²) in [7, 11) is 0. The van der Waals surface area contributed by atoms with Crippen LogP contribution < -0.4 is 4.74 Å². The van der Waals surface area contributed by atoms with Crippen molar-refractivity contribution in [2.24, 2.45) is 0 Å². The maximum absolute atomic E-state index is 12.7. The van der Waals surface area contributed by atoms with Crippen molar-refractivity contribution in [1.29, 1.82) is 0 Å². The minimum Gasteiger partial charge on any atom is -0.487 e. The summed E-state index contributed by atoms with van der Waals surface area (Å²) in [6.07, 6.45) is 7.87. The van der Waals surface area contributed by atoms with Gasteiger partial charge in [0.25, 0.3) is 0 Å². The highest BCUT2D eigenvalue weighted by molar-refractivity contribution is 5.66. The van der Waals surface area contributed by atoms with Crippen molar-refractivity contribution in [3.8, 4) is 5.75 Å². The van der Waals surface area contributed by atoms with Crippen LogP contribution in [0.3, 0.4) is 0 Å². The summed E-state index contributed by atoms with van der Waals surface area (Å²) in [5.74, 6) is 1.78. The number of alkyl halides is 3. The molecule has 2 aromatic carbocycles. The first-order valence-corrected chi connectivity index (χ1v) is 12.5. The molecule has 0 saturated carbocycles. The van der Waals surface area contributed by atoms with Gasteiger partial charge in [-0.05, 0) is 72.7 Å². The van der Waals surface area contributed by atoms with Gasteiger partial charge in [0.05, 0.1) is 5.56 Å². The van der Waals surface area contributed by atoms with Crippen molar-refractivity contribution in [3.63, 3.8) is 0 Å². The number of unbranched alkanes of at least 4 members (excludes halogenated alkanes) is 1. The molecule has 0 saturated heterocycles. The molecule has 1 N–H and O–H groups in total. The lowest BCUT2D eigenvalue weighted by molar-refractivity contribution is -0.137. The van der Waals surface area contributed by atoms with Crippen molar-refractivity contribution >= 4 is 12.2 Å². The standard InChI is InChI=1S/C29H30F3N3O3/c1-2-22-17-26(12-9-23(22)5-3-4-15-35-16-14-33-27(35)18-36)37-19-25-20-38-28(34-25)13-8-21-6-10-24(11-7-21)29(30,31)32/h6-14,16-17,20,36H,2-5,15,18-19H2,1H3/b13-8+. The van der Waals surface area contributed by atoms with Crippen molar-refractivity contribution in [3.05, 3.63) is 101 Å². The van der Waals surface area contributed by atoms with Crippen LogP contribution >= 0.6 is 0 Å². The van der Waals surface area contributed by atoms with Crippen molar-refractivity contribution < 1.29 is 27.4 Å². The number of rotatable bonds is 12. The highest BCUT2D eigenvalue weighted by atomic mass is 19.4. The van der Waals surface area contributed by atoms with Gasteiger partial charge >= 0.3 is 6.18 Å². The largest absolute Gasteiger partial charge is 0.487 e. The Bertz CT molecular complexity index is 1340. The number of aromatic nitrogens is 3. The first-order valence-electron chi connectivity index (χ1n) is 12.5. The highest BCUT2D eigenvalue weighted by Crippen LogP contribution is 2.29. The second-order valence-corrected chi connectivity index (χ2v) is 8.86. The van der Waals surface area contributed by atoms with Crippen molar-refractivity contribution in [2.45, 2.75) is 58.5 Å². The molecular formula is C29H30F3N3O3. The molecule has 0 fully saturated rings. The first kappa shape index (κ1) is 27.2. The minimum absolute atomic E-state index is 0.0521. The average Bonchev–Trinajstić information content (AvgIpc) is 3.58. The second kappa shape index (κ2) is 12.6. The highest BCUT2D eigenvalue weighted by Gasteiger charge is 2.29. The second-order valence-electron chi connectivity index (χ2n) is 8.86. The quantitative estimate of drug-likeness (QED) is 0.208. The Balaban J connectivity index is 1.27. The van der Waals surface area contributed by atoms with Gasteiger partial charge in [-0.15, -0.1) is 0 Å². The van der Waals surface area contributed by atoms with E-state index in [9.17, 15) is 18.3 Å². The van der Waals surface area contributed by atoms with Gasteiger partial charge in [0, 0.05) is 25.0 Å². The lowest BCUT2D eigenvalue weighted by atomic mass is 10.00. The molecule has 0 atom stereocenters. The molecule has 2 heterocycles. The average molecular weight is 526 g/mol. The number of aryl methyl sites for hydroxylation is 3. The molecule has 4 rings (SSSR count). The van der Waals surface area contributed by atoms with E-state index in [0.717, 1.165) is 50.1 Å². The zero-order valence-electron chi connectivity index (χ0n) is 21.1. The summed E-state index contributed by atoms with van der Waals surface area (Å²) in [5, 5.41) is 9.31. The van der Waals surface area contributed by atoms with E-state index in [0.29, 0.717) is 23.0 Å². The number of benzene rings is 2. The van der Waals surface area contributed by atoms with E-state index in [-0.39, 0.29) is 13.2 Å². The Hall–Kier alpha value is -3.85. The Morgan fingerprint density at radius 2 is 1.87 bits per heavy atom. The molecular weight excluding hydrogens is 495 g/mol. The van der Waals surface area contributed by atoms with E-state index in [1.807, 2.05) is 16.8 Å². The SMILES string of the molecule is CCc1cc(OCc2coc(/C=C/c3ccc(C(F)(F)F)cc3)n2)ccc1CCCCn1ccnc1CO. The van der Waals surface area contributed by atoms with E-state index in [1.165, 1.54) is 29.5 Å². The Morgan fingerprint density at radius 3 is 2.61 bits per heavy atom. The summed E-state index contributed by atoms with van der Waals surface area (Å²) in [6.45, 7) is 3.13. The molecule has 0 unspecified atom stereocenters. The number of ether oxygens (including phenoxy) is 1. The monoisotopic (exact) mass is 525 g/mol. The Morgan fingerprint density at radius 1 is 1.05 bits per heavy atom. The molecule has 0 aliphatic rings. The molecule has 2 aromatic heterocycles. The predicted molar refractivity (Wildman–Crippen MR) is 138 cm³/mol. The normalized spacial score (nSPS) is 11.9. The molecule has 0 spiro atoms. The van der Waals surface area contributed by atoms with E-state index in [4.69, 9.17) is 9.15 Å². The first-order chi connectivity index (χ1) is 18.4. The maximum atomic E-state index is 12.7. The van der Waals surface area contributed by atoms with Crippen LogP contribution in [0, 0.1) is 0 Å². The van der Waals surface area contributed by atoms with Gasteiger partial charge in [-0.2, -0.15) is 13.2 Å². The van der Waals surface area contributed by atoms with Crippen LogP contribution in [0.2, 0.25) is 0 Å². The molecule has 4 aromatic rings. The fraction of sp³-hybridized carbons (Fsp3) is 0.310. The van der Waals surface area contributed by atoms with Gasteiger partial charge in [0.1, 0.15) is 36.7 Å². The molecule has 0 aliphatic heterocycles.